The van der Waals surface area contributed by atoms with Crippen LogP contribution in [-0.4, -0.2) is 28.9 Å². The van der Waals surface area contributed by atoms with Gasteiger partial charge in [0.25, 0.3) is 5.91 Å². The Kier molecular flexibility index (Phi) is 4.13. The summed E-state index contributed by atoms with van der Waals surface area (Å²) in [6.45, 7) is 1.04. The number of hydrogen-bond acceptors (Lipinski definition) is 2. The van der Waals surface area contributed by atoms with Crippen LogP contribution >= 0.6 is 0 Å². The van der Waals surface area contributed by atoms with E-state index >= 15 is 0 Å². The minimum absolute atomic E-state index is 0.0936. The van der Waals surface area contributed by atoms with Crippen LogP contribution in [-0.2, 0) is 0 Å². The Labute approximate surface area is 127 Å². The van der Waals surface area contributed by atoms with Gasteiger partial charge >= 0.3 is 0 Å². The summed E-state index contributed by atoms with van der Waals surface area (Å²) in [4.78, 5) is 18.1. The number of aromatic nitrogens is 1. The quantitative estimate of drug-likeness (QED) is 0.852. The summed E-state index contributed by atoms with van der Waals surface area (Å²) >= 11 is 0. The average Bonchev–Trinajstić information content (AvgIpc) is 2.57. The van der Waals surface area contributed by atoms with E-state index in [1.165, 1.54) is 6.07 Å². The van der Waals surface area contributed by atoms with Gasteiger partial charge < -0.3 is 4.90 Å². The first-order valence-electron chi connectivity index (χ1n) is 7.29. The van der Waals surface area contributed by atoms with Crippen molar-refractivity contribution in [1.82, 2.24) is 9.88 Å². The van der Waals surface area contributed by atoms with E-state index in [1.807, 2.05) is 0 Å². The van der Waals surface area contributed by atoms with Crippen molar-refractivity contribution in [2.45, 2.75) is 18.8 Å². The van der Waals surface area contributed by atoms with Crippen LogP contribution in [0.15, 0.2) is 42.7 Å². The molecule has 1 aromatic carbocycles. The van der Waals surface area contributed by atoms with Crippen molar-refractivity contribution in [2.24, 2.45) is 0 Å². The van der Waals surface area contributed by atoms with Crippen LogP contribution in [0.3, 0.4) is 0 Å². The molecule has 3 rings (SSSR count). The third-order valence-electron chi connectivity index (χ3n) is 4.03. The Morgan fingerprint density at radius 1 is 1.18 bits per heavy atom. The van der Waals surface area contributed by atoms with E-state index in [0.29, 0.717) is 24.2 Å². The maximum atomic E-state index is 13.9. The Bertz CT molecular complexity index is 676. The lowest BCUT2D eigenvalue weighted by Gasteiger charge is -2.33. The fourth-order valence-electron chi connectivity index (χ4n) is 2.92. The first-order valence-corrected chi connectivity index (χ1v) is 7.29. The van der Waals surface area contributed by atoms with Crippen LogP contribution in [0.4, 0.5) is 8.78 Å². The molecule has 1 amide bonds. The summed E-state index contributed by atoms with van der Waals surface area (Å²) in [5, 5.41) is 0. The molecule has 0 aliphatic carbocycles. The Morgan fingerprint density at radius 2 is 1.95 bits per heavy atom. The van der Waals surface area contributed by atoms with Gasteiger partial charge in [0.05, 0.1) is 0 Å². The SMILES string of the molecule is O=C(c1ccncc1)N1CCCC(c2cc(F)ccc2F)C1. The number of pyridine rings is 1. The van der Waals surface area contributed by atoms with Gasteiger partial charge in [-0.1, -0.05) is 0 Å². The van der Waals surface area contributed by atoms with Crippen LogP contribution in [0.2, 0.25) is 0 Å². The summed E-state index contributed by atoms with van der Waals surface area (Å²) in [5.74, 6) is -1.13. The molecule has 3 nitrogen and oxygen atoms in total. The molecule has 0 radical (unpaired) electrons. The van der Waals surface area contributed by atoms with Crippen molar-refractivity contribution >= 4 is 5.91 Å². The van der Waals surface area contributed by atoms with E-state index in [1.54, 1.807) is 29.4 Å². The Morgan fingerprint density at radius 3 is 2.73 bits per heavy atom. The van der Waals surface area contributed by atoms with Crippen molar-refractivity contribution in [1.29, 1.82) is 0 Å². The molecule has 1 saturated heterocycles. The van der Waals surface area contributed by atoms with Crippen LogP contribution in [0.1, 0.15) is 34.7 Å². The van der Waals surface area contributed by atoms with Crippen molar-refractivity contribution in [3.63, 3.8) is 0 Å². The molecule has 1 aromatic heterocycles. The highest BCUT2D eigenvalue weighted by atomic mass is 19.1. The largest absolute Gasteiger partial charge is 0.338 e. The second-order valence-corrected chi connectivity index (χ2v) is 5.49. The van der Waals surface area contributed by atoms with Gasteiger partial charge in [0.15, 0.2) is 0 Å². The normalized spacial score (nSPS) is 18.3. The van der Waals surface area contributed by atoms with E-state index < -0.39 is 11.6 Å². The van der Waals surface area contributed by atoms with E-state index in [4.69, 9.17) is 0 Å². The van der Waals surface area contributed by atoms with Gasteiger partial charge in [-0.05, 0) is 48.7 Å². The number of halogens is 2. The van der Waals surface area contributed by atoms with Crippen LogP contribution in [0.5, 0.6) is 0 Å². The second kappa shape index (κ2) is 6.22. The van der Waals surface area contributed by atoms with Crippen LogP contribution < -0.4 is 0 Å². The predicted octanol–water partition coefficient (Wildman–Crippen LogP) is 3.38. The molecule has 114 valence electrons. The number of hydrogen-bond donors (Lipinski definition) is 0. The third-order valence-corrected chi connectivity index (χ3v) is 4.03. The number of piperidine rings is 1. The number of rotatable bonds is 2. The molecule has 22 heavy (non-hydrogen) atoms. The number of nitrogens with zero attached hydrogens (tertiary/aromatic N) is 2. The van der Waals surface area contributed by atoms with Gasteiger partial charge in [-0.25, -0.2) is 8.78 Å². The maximum Gasteiger partial charge on any atom is 0.253 e. The first-order chi connectivity index (χ1) is 10.6. The number of likely N-dealkylation sites (tertiary alicyclic amines) is 1. The van der Waals surface area contributed by atoms with Crippen molar-refractivity contribution < 1.29 is 13.6 Å². The van der Waals surface area contributed by atoms with Crippen molar-refractivity contribution in [3.05, 3.63) is 65.5 Å². The number of amides is 1. The van der Waals surface area contributed by atoms with Crippen LogP contribution in [0, 0.1) is 11.6 Å². The molecule has 2 heterocycles. The van der Waals surface area contributed by atoms with Crippen molar-refractivity contribution in [2.75, 3.05) is 13.1 Å². The molecular weight excluding hydrogens is 286 g/mol. The number of benzene rings is 1. The minimum Gasteiger partial charge on any atom is -0.338 e. The van der Waals surface area contributed by atoms with Gasteiger partial charge in [-0.2, -0.15) is 0 Å². The lowest BCUT2D eigenvalue weighted by atomic mass is 9.90. The molecule has 1 fully saturated rings. The molecule has 5 heteroatoms. The standard InChI is InChI=1S/C17H16F2N2O/c18-14-3-4-16(19)15(10-14)13-2-1-9-21(11-13)17(22)12-5-7-20-8-6-12/h3-8,10,13H,1-2,9,11H2. The molecule has 1 aliphatic rings. The van der Waals surface area contributed by atoms with Gasteiger partial charge in [-0.15, -0.1) is 0 Å². The fourth-order valence-corrected chi connectivity index (χ4v) is 2.92. The zero-order valence-corrected chi connectivity index (χ0v) is 12.0. The maximum absolute atomic E-state index is 13.9. The van der Waals surface area contributed by atoms with Gasteiger partial charge in [0.1, 0.15) is 11.6 Å². The zero-order chi connectivity index (χ0) is 15.5. The molecule has 0 spiro atoms. The molecule has 0 N–H and O–H groups in total. The van der Waals surface area contributed by atoms with Gasteiger partial charge in [0.2, 0.25) is 0 Å². The molecule has 1 atom stereocenters. The highest BCUT2D eigenvalue weighted by Gasteiger charge is 2.27. The molecule has 0 bridgehead atoms. The minimum atomic E-state index is -0.450. The summed E-state index contributed by atoms with van der Waals surface area (Å²) < 4.78 is 27.3. The predicted molar refractivity (Wildman–Crippen MR) is 78.5 cm³/mol. The van der Waals surface area contributed by atoms with Gasteiger partial charge in [-0.3, -0.25) is 9.78 Å². The highest BCUT2D eigenvalue weighted by Crippen LogP contribution is 2.29. The Balaban J connectivity index is 1.80. The van der Waals surface area contributed by atoms with E-state index in [-0.39, 0.29) is 11.8 Å². The smallest absolute Gasteiger partial charge is 0.253 e. The summed E-state index contributed by atoms with van der Waals surface area (Å²) in [6, 6.07) is 6.82. The molecule has 1 aliphatic heterocycles. The van der Waals surface area contributed by atoms with Gasteiger partial charge in [0, 0.05) is 37.0 Å². The molecular formula is C17H16F2N2O. The molecule has 2 aromatic rings. The Hall–Kier alpha value is -2.30. The average molecular weight is 302 g/mol. The van der Waals surface area contributed by atoms with Crippen molar-refractivity contribution in [3.8, 4) is 0 Å². The monoisotopic (exact) mass is 302 g/mol. The van der Waals surface area contributed by atoms with Crippen LogP contribution in [0.25, 0.3) is 0 Å². The van der Waals surface area contributed by atoms with E-state index in [9.17, 15) is 13.6 Å². The zero-order valence-electron chi connectivity index (χ0n) is 12.0. The van der Waals surface area contributed by atoms with E-state index in [2.05, 4.69) is 4.98 Å². The number of carbonyl (C=O) groups is 1. The third kappa shape index (κ3) is 2.98. The fraction of sp³-hybridized carbons (Fsp3) is 0.294. The lowest BCUT2D eigenvalue weighted by molar-refractivity contribution is 0.0705. The summed E-state index contributed by atoms with van der Waals surface area (Å²) in [5.41, 5.74) is 0.919. The number of carbonyl (C=O) groups excluding carboxylic acids is 1. The lowest BCUT2D eigenvalue weighted by Crippen LogP contribution is -2.39. The topological polar surface area (TPSA) is 33.2 Å². The second-order valence-electron chi connectivity index (χ2n) is 5.49. The van der Waals surface area contributed by atoms with E-state index in [0.717, 1.165) is 25.0 Å². The summed E-state index contributed by atoms with van der Waals surface area (Å²) in [6.07, 6.45) is 4.67. The molecule has 1 unspecified atom stereocenters. The highest BCUT2D eigenvalue weighted by molar-refractivity contribution is 5.94. The summed E-state index contributed by atoms with van der Waals surface area (Å²) in [7, 11) is 0. The molecule has 0 saturated carbocycles. The first kappa shape index (κ1) is 14.6.